The van der Waals surface area contributed by atoms with E-state index in [-0.39, 0.29) is 5.75 Å². The summed E-state index contributed by atoms with van der Waals surface area (Å²) in [5, 5.41) is 4.13. The van der Waals surface area contributed by atoms with Crippen molar-refractivity contribution in [2.75, 3.05) is 12.0 Å². The molecule has 0 saturated heterocycles. The molecule has 0 fully saturated rings. The first-order chi connectivity index (χ1) is 6.98. The second-order valence-electron chi connectivity index (χ2n) is 3.46. The van der Waals surface area contributed by atoms with Crippen LogP contribution in [0.3, 0.4) is 0 Å². The van der Waals surface area contributed by atoms with Crippen molar-refractivity contribution in [1.82, 2.24) is 9.78 Å². The zero-order valence-corrected chi connectivity index (χ0v) is 10.5. The first-order valence-electron chi connectivity index (χ1n) is 4.75. The van der Waals surface area contributed by atoms with Gasteiger partial charge in [0.05, 0.1) is 24.4 Å². The van der Waals surface area contributed by atoms with E-state index in [1.165, 1.54) is 6.26 Å². The molecular weight excluding hydrogens is 236 g/mol. The zero-order chi connectivity index (χ0) is 11.5. The monoisotopic (exact) mass is 250 g/mol. The number of hydrogen-bond donors (Lipinski definition) is 0. The lowest BCUT2D eigenvalue weighted by molar-refractivity contribution is 0.579. The number of rotatable bonds is 5. The summed E-state index contributed by atoms with van der Waals surface area (Å²) in [6.07, 6.45) is 3.74. The summed E-state index contributed by atoms with van der Waals surface area (Å²) in [5.74, 6) is 0.533. The summed E-state index contributed by atoms with van der Waals surface area (Å²) in [4.78, 5) is 0. The van der Waals surface area contributed by atoms with Gasteiger partial charge in [0.1, 0.15) is 9.84 Å². The van der Waals surface area contributed by atoms with Crippen molar-refractivity contribution < 1.29 is 8.42 Å². The van der Waals surface area contributed by atoms with Crippen molar-refractivity contribution in [2.24, 2.45) is 0 Å². The van der Waals surface area contributed by atoms with Gasteiger partial charge in [-0.1, -0.05) is 6.92 Å². The summed E-state index contributed by atoms with van der Waals surface area (Å²) >= 11 is 5.74. The lowest BCUT2D eigenvalue weighted by Crippen LogP contribution is -2.14. The minimum atomic E-state index is -2.94. The SMILES string of the molecule is CCc1c(CCl)cnn1CCS(C)(=O)=O. The molecule has 0 N–H and O–H groups in total. The molecule has 0 atom stereocenters. The molecule has 0 unspecified atom stereocenters. The molecule has 0 spiro atoms. The normalized spacial score (nSPS) is 11.9. The molecule has 0 aliphatic carbocycles. The second-order valence-corrected chi connectivity index (χ2v) is 5.98. The summed E-state index contributed by atoms with van der Waals surface area (Å²) in [6.45, 7) is 2.41. The Morgan fingerprint density at radius 1 is 1.53 bits per heavy atom. The van der Waals surface area contributed by atoms with E-state index in [1.54, 1.807) is 10.9 Å². The van der Waals surface area contributed by atoms with Gasteiger partial charge >= 0.3 is 0 Å². The standard InChI is InChI=1S/C9H15ClN2O2S/c1-3-9-8(6-10)7-11-12(9)4-5-15(2,13)14/h7H,3-6H2,1-2H3. The Bertz CT molecular complexity index is 425. The van der Waals surface area contributed by atoms with E-state index in [0.29, 0.717) is 12.4 Å². The highest BCUT2D eigenvalue weighted by molar-refractivity contribution is 7.90. The minimum Gasteiger partial charge on any atom is -0.268 e. The fourth-order valence-corrected chi connectivity index (χ4v) is 2.14. The molecule has 1 aromatic heterocycles. The van der Waals surface area contributed by atoms with Crippen LogP contribution in [0.2, 0.25) is 0 Å². The molecule has 4 nitrogen and oxygen atoms in total. The molecule has 0 aliphatic rings. The largest absolute Gasteiger partial charge is 0.268 e. The Kier molecular flexibility index (Phi) is 4.16. The number of halogens is 1. The van der Waals surface area contributed by atoms with Crippen LogP contribution in [0.25, 0.3) is 0 Å². The van der Waals surface area contributed by atoms with Crippen LogP contribution in [-0.4, -0.2) is 30.2 Å². The van der Waals surface area contributed by atoms with Crippen LogP contribution in [-0.2, 0) is 28.7 Å². The Morgan fingerprint density at radius 2 is 2.20 bits per heavy atom. The second kappa shape index (κ2) is 4.99. The molecule has 86 valence electrons. The third kappa shape index (κ3) is 3.50. The van der Waals surface area contributed by atoms with Gasteiger partial charge in [-0.15, -0.1) is 11.6 Å². The summed E-state index contributed by atoms with van der Waals surface area (Å²) < 4.78 is 23.7. The van der Waals surface area contributed by atoms with Gasteiger partial charge in [-0.2, -0.15) is 5.10 Å². The summed E-state index contributed by atoms with van der Waals surface area (Å²) in [7, 11) is -2.94. The van der Waals surface area contributed by atoms with Crippen LogP contribution in [0.15, 0.2) is 6.20 Å². The van der Waals surface area contributed by atoms with Gasteiger partial charge in [0, 0.05) is 17.5 Å². The number of aromatic nitrogens is 2. The molecule has 0 amide bonds. The topological polar surface area (TPSA) is 52.0 Å². The van der Waals surface area contributed by atoms with Crippen molar-refractivity contribution in [1.29, 1.82) is 0 Å². The predicted molar refractivity (Wildman–Crippen MR) is 60.9 cm³/mol. The molecule has 0 radical (unpaired) electrons. The third-order valence-corrected chi connectivity index (χ3v) is 3.40. The molecule has 1 aromatic rings. The van der Waals surface area contributed by atoms with Crippen LogP contribution in [0, 0.1) is 0 Å². The van der Waals surface area contributed by atoms with E-state index in [0.717, 1.165) is 17.7 Å². The quantitative estimate of drug-likeness (QED) is 0.739. The number of nitrogens with zero attached hydrogens (tertiary/aromatic N) is 2. The number of sulfone groups is 1. The van der Waals surface area contributed by atoms with E-state index in [1.807, 2.05) is 6.92 Å². The lowest BCUT2D eigenvalue weighted by Gasteiger charge is -2.05. The van der Waals surface area contributed by atoms with Gasteiger partial charge in [-0.3, -0.25) is 4.68 Å². The fourth-order valence-electron chi connectivity index (χ4n) is 1.42. The summed E-state index contributed by atoms with van der Waals surface area (Å²) in [6, 6.07) is 0. The molecule has 0 saturated carbocycles. The maximum atomic E-state index is 11.0. The number of alkyl halides is 1. The van der Waals surface area contributed by atoms with Crippen LogP contribution < -0.4 is 0 Å². The molecule has 1 rings (SSSR count). The van der Waals surface area contributed by atoms with Crippen molar-refractivity contribution in [3.05, 3.63) is 17.5 Å². The highest BCUT2D eigenvalue weighted by atomic mass is 35.5. The average Bonchev–Trinajstić information content (AvgIpc) is 2.55. The Labute approximate surface area is 95.2 Å². The van der Waals surface area contributed by atoms with Crippen LogP contribution >= 0.6 is 11.6 Å². The number of hydrogen-bond acceptors (Lipinski definition) is 3. The van der Waals surface area contributed by atoms with Crippen LogP contribution in [0.5, 0.6) is 0 Å². The Balaban J connectivity index is 2.81. The highest BCUT2D eigenvalue weighted by Gasteiger charge is 2.10. The molecule has 6 heteroatoms. The van der Waals surface area contributed by atoms with Gasteiger partial charge < -0.3 is 0 Å². The maximum absolute atomic E-state index is 11.0. The van der Waals surface area contributed by atoms with E-state index in [4.69, 9.17) is 11.6 Å². The first kappa shape index (κ1) is 12.5. The molecule has 15 heavy (non-hydrogen) atoms. The van der Waals surface area contributed by atoms with E-state index in [2.05, 4.69) is 5.10 Å². The van der Waals surface area contributed by atoms with Crippen molar-refractivity contribution in [3.63, 3.8) is 0 Å². The molecule has 0 aromatic carbocycles. The van der Waals surface area contributed by atoms with E-state index in [9.17, 15) is 8.42 Å². The predicted octanol–water partition coefficient (Wildman–Crippen LogP) is 1.23. The van der Waals surface area contributed by atoms with Gasteiger partial charge in [-0.05, 0) is 6.42 Å². The van der Waals surface area contributed by atoms with Gasteiger partial charge in [-0.25, -0.2) is 8.42 Å². The minimum absolute atomic E-state index is 0.114. The number of aryl methyl sites for hydroxylation is 1. The van der Waals surface area contributed by atoms with Crippen LogP contribution in [0.1, 0.15) is 18.2 Å². The van der Waals surface area contributed by atoms with Crippen LogP contribution in [0.4, 0.5) is 0 Å². The smallest absolute Gasteiger partial charge is 0.149 e. The van der Waals surface area contributed by atoms with Gasteiger partial charge in [0.25, 0.3) is 0 Å². The molecule has 1 heterocycles. The van der Waals surface area contributed by atoms with E-state index >= 15 is 0 Å². The molecule has 0 aliphatic heterocycles. The summed E-state index contributed by atoms with van der Waals surface area (Å²) in [5.41, 5.74) is 2.00. The average molecular weight is 251 g/mol. The van der Waals surface area contributed by atoms with Gasteiger partial charge in [0.15, 0.2) is 0 Å². The maximum Gasteiger partial charge on any atom is 0.149 e. The molecular formula is C9H15ClN2O2S. The first-order valence-corrected chi connectivity index (χ1v) is 7.34. The highest BCUT2D eigenvalue weighted by Crippen LogP contribution is 2.12. The Morgan fingerprint density at radius 3 is 2.67 bits per heavy atom. The van der Waals surface area contributed by atoms with Crippen molar-refractivity contribution in [3.8, 4) is 0 Å². The fraction of sp³-hybridized carbons (Fsp3) is 0.667. The third-order valence-electron chi connectivity index (χ3n) is 2.19. The molecule has 0 bridgehead atoms. The Hall–Kier alpha value is -0.550. The van der Waals surface area contributed by atoms with Gasteiger partial charge in [0.2, 0.25) is 0 Å². The van der Waals surface area contributed by atoms with Crippen molar-refractivity contribution in [2.45, 2.75) is 25.8 Å². The van der Waals surface area contributed by atoms with E-state index < -0.39 is 9.84 Å². The van der Waals surface area contributed by atoms with Crippen molar-refractivity contribution >= 4 is 21.4 Å². The zero-order valence-electron chi connectivity index (χ0n) is 8.90. The lowest BCUT2D eigenvalue weighted by atomic mass is 10.2.